The highest BCUT2D eigenvalue weighted by molar-refractivity contribution is 5.88. The van der Waals surface area contributed by atoms with Gasteiger partial charge in [-0.2, -0.15) is 0 Å². The lowest BCUT2D eigenvalue weighted by molar-refractivity contribution is -0.185. The summed E-state index contributed by atoms with van der Waals surface area (Å²) in [5.74, 6) is 1.30. The van der Waals surface area contributed by atoms with Crippen LogP contribution in [-0.2, 0) is 9.59 Å². The maximum atomic E-state index is 13.1. The molecule has 0 aromatic heterocycles. The van der Waals surface area contributed by atoms with Crippen molar-refractivity contribution in [3.05, 3.63) is 12.2 Å². The first-order valence-electron chi connectivity index (χ1n) is 8.29. The van der Waals surface area contributed by atoms with E-state index in [-0.39, 0.29) is 35.4 Å². The van der Waals surface area contributed by atoms with E-state index in [9.17, 15) is 9.59 Å². The van der Waals surface area contributed by atoms with E-state index < -0.39 is 0 Å². The highest BCUT2D eigenvalue weighted by Gasteiger charge is 2.62. The molecule has 6 atom stereocenters. The number of allylic oxidation sites excluding steroid dienone is 1. The maximum absolute atomic E-state index is 13.1. The van der Waals surface area contributed by atoms with Gasteiger partial charge in [0.25, 0.3) is 0 Å². The van der Waals surface area contributed by atoms with Gasteiger partial charge in [-0.05, 0) is 37.5 Å². The van der Waals surface area contributed by atoms with Crippen LogP contribution in [0, 0.1) is 23.7 Å². The van der Waals surface area contributed by atoms with E-state index >= 15 is 0 Å². The molecule has 5 nitrogen and oxygen atoms in total. The molecule has 5 heteroatoms. The molecule has 5 aliphatic rings. The number of amides is 2. The fraction of sp³-hybridized carbons (Fsp3) is 0.750. The highest BCUT2D eigenvalue weighted by Crippen LogP contribution is 2.51. The quantitative estimate of drug-likeness (QED) is 0.652. The van der Waals surface area contributed by atoms with Crippen LogP contribution in [0.15, 0.2) is 12.2 Å². The van der Waals surface area contributed by atoms with E-state index in [2.05, 4.69) is 22.9 Å². The van der Waals surface area contributed by atoms with Crippen LogP contribution in [0.4, 0.5) is 0 Å². The average Bonchev–Trinajstić information content (AvgIpc) is 3.07. The molecule has 2 aliphatic heterocycles. The lowest BCUT2D eigenvalue weighted by atomic mass is 9.71. The first-order chi connectivity index (χ1) is 10.2. The van der Waals surface area contributed by atoms with Gasteiger partial charge in [0.05, 0.1) is 5.92 Å². The summed E-state index contributed by atoms with van der Waals surface area (Å²) >= 11 is 0. The van der Waals surface area contributed by atoms with Crippen LogP contribution in [0.5, 0.6) is 0 Å². The molecule has 0 aromatic carbocycles. The zero-order chi connectivity index (χ0) is 14.2. The second kappa shape index (κ2) is 3.88. The smallest absolute Gasteiger partial charge is 0.248 e. The molecule has 2 heterocycles. The standard InChI is InChI=1S/C16H21N3O2/c20-12-8-11-3-1-2-6-16(11)17-14-10-5-4-9(7-10)13(14)15(21)19(16)18-12/h4-5,9-11,13-14,17H,1-3,6-8H2,(H,18,20)/t9-,10+,11?,13-,14+,16-/m0/s1. The average molecular weight is 287 g/mol. The summed E-state index contributed by atoms with van der Waals surface area (Å²) in [6.07, 6.45) is 10.5. The van der Waals surface area contributed by atoms with Crippen LogP contribution >= 0.6 is 0 Å². The van der Waals surface area contributed by atoms with Gasteiger partial charge in [0.1, 0.15) is 5.66 Å². The number of nitrogens with one attached hydrogen (secondary N) is 2. The Labute approximate surface area is 124 Å². The molecule has 3 aliphatic carbocycles. The lowest BCUT2D eigenvalue weighted by Gasteiger charge is -2.59. The zero-order valence-electron chi connectivity index (χ0n) is 12.0. The van der Waals surface area contributed by atoms with E-state index in [1.165, 1.54) is 6.42 Å². The zero-order valence-corrected chi connectivity index (χ0v) is 12.0. The predicted molar refractivity (Wildman–Crippen MR) is 75.4 cm³/mol. The van der Waals surface area contributed by atoms with Gasteiger partial charge in [0.2, 0.25) is 11.8 Å². The second-order valence-corrected chi connectivity index (χ2v) is 7.42. The molecule has 0 aromatic rings. The molecule has 2 saturated heterocycles. The van der Waals surface area contributed by atoms with Gasteiger partial charge < -0.3 is 0 Å². The third-order valence-electron chi connectivity index (χ3n) is 6.48. The van der Waals surface area contributed by atoms with Gasteiger partial charge in [-0.1, -0.05) is 18.6 Å². The van der Waals surface area contributed by atoms with Crippen molar-refractivity contribution in [3.8, 4) is 0 Å². The van der Waals surface area contributed by atoms with E-state index in [0.29, 0.717) is 18.3 Å². The third kappa shape index (κ3) is 1.40. The van der Waals surface area contributed by atoms with Gasteiger partial charge in [-0.3, -0.25) is 20.3 Å². The number of nitrogens with zero attached hydrogens (tertiary/aromatic N) is 1. The number of carbonyl (C=O) groups is 2. The Morgan fingerprint density at radius 3 is 2.95 bits per heavy atom. The minimum Gasteiger partial charge on any atom is -0.289 e. The molecule has 2 saturated carbocycles. The molecule has 2 N–H and O–H groups in total. The number of fused-ring (bicyclic) bond motifs is 5. The molecule has 4 fully saturated rings. The summed E-state index contributed by atoms with van der Waals surface area (Å²) in [4.78, 5) is 25.1. The summed E-state index contributed by atoms with van der Waals surface area (Å²) in [5.41, 5.74) is 2.57. The lowest BCUT2D eigenvalue weighted by Crippen LogP contribution is -2.80. The van der Waals surface area contributed by atoms with Crippen molar-refractivity contribution in [1.82, 2.24) is 15.8 Å². The van der Waals surface area contributed by atoms with Crippen molar-refractivity contribution in [2.24, 2.45) is 23.7 Å². The monoisotopic (exact) mass is 287 g/mol. The summed E-state index contributed by atoms with van der Waals surface area (Å²) in [6, 6.07) is 0.277. The van der Waals surface area contributed by atoms with E-state index in [1.807, 2.05) is 0 Å². The molecule has 5 rings (SSSR count). The molecule has 2 amide bonds. The summed E-state index contributed by atoms with van der Waals surface area (Å²) < 4.78 is 0. The Hall–Kier alpha value is -1.36. The van der Waals surface area contributed by atoms with Crippen LogP contribution in [0.3, 0.4) is 0 Å². The number of hydrazine groups is 1. The fourth-order valence-electron chi connectivity index (χ4n) is 5.59. The van der Waals surface area contributed by atoms with E-state index in [1.54, 1.807) is 5.01 Å². The van der Waals surface area contributed by atoms with Gasteiger partial charge in [-0.15, -0.1) is 0 Å². The minimum atomic E-state index is -0.317. The van der Waals surface area contributed by atoms with Gasteiger partial charge in [0.15, 0.2) is 0 Å². The molecule has 1 unspecified atom stereocenters. The second-order valence-electron chi connectivity index (χ2n) is 7.42. The topological polar surface area (TPSA) is 61.4 Å². The summed E-state index contributed by atoms with van der Waals surface area (Å²) in [5, 5.41) is 5.56. The number of hydrogen-bond donors (Lipinski definition) is 2. The summed E-state index contributed by atoms with van der Waals surface area (Å²) in [6.45, 7) is 0. The molecule has 0 radical (unpaired) electrons. The Morgan fingerprint density at radius 2 is 2.05 bits per heavy atom. The van der Waals surface area contributed by atoms with Crippen molar-refractivity contribution >= 4 is 11.8 Å². The Morgan fingerprint density at radius 1 is 1.19 bits per heavy atom. The van der Waals surface area contributed by atoms with E-state index in [4.69, 9.17) is 0 Å². The normalized spacial score (nSPS) is 50.5. The number of hydrogen-bond acceptors (Lipinski definition) is 3. The fourth-order valence-corrected chi connectivity index (χ4v) is 5.59. The first kappa shape index (κ1) is 12.2. The van der Waals surface area contributed by atoms with Crippen LogP contribution in [-0.4, -0.2) is 28.5 Å². The minimum absolute atomic E-state index is 0.00447. The van der Waals surface area contributed by atoms with Crippen molar-refractivity contribution < 1.29 is 9.59 Å². The maximum Gasteiger partial charge on any atom is 0.248 e. The van der Waals surface area contributed by atoms with Gasteiger partial charge >= 0.3 is 0 Å². The van der Waals surface area contributed by atoms with Crippen molar-refractivity contribution in [1.29, 1.82) is 0 Å². The molecule has 21 heavy (non-hydrogen) atoms. The predicted octanol–water partition coefficient (Wildman–Crippen LogP) is 0.930. The summed E-state index contributed by atoms with van der Waals surface area (Å²) in [7, 11) is 0. The van der Waals surface area contributed by atoms with Crippen molar-refractivity contribution in [2.45, 2.75) is 50.2 Å². The van der Waals surface area contributed by atoms with Crippen molar-refractivity contribution in [3.63, 3.8) is 0 Å². The molecule has 112 valence electrons. The largest absolute Gasteiger partial charge is 0.289 e. The van der Waals surface area contributed by atoms with Crippen LogP contribution in [0.2, 0.25) is 0 Å². The van der Waals surface area contributed by atoms with Crippen LogP contribution in [0.25, 0.3) is 0 Å². The van der Waals surface area contributed by atoms with Crippen molar-refractivity contribution in [2.75, 3.05) is 0 Å². The SMILES string of the molecule is O=C1CC2CCCC[C@@]23N[C@H]2[C@@H](C(=O)N3N1)[C@H]1C=C[C@@H]2C1. The number of carbonyl (C=O) groups excluding carboxylic acids is 2. The number of rotatable bonds is 0. The van der Waals surface area contributed by atoms with Crippen LogP contribution in [0.1, 0.15) is 38.5 Å². The molecular weight excluding hydrogens is 266 g/mol. The Kier molecular flexibility index (Phi) is 2.26. The highest BCUT2D eigenvalue weighted by atomic mass is 16.2. The Balaban J connectivity index is 1.59. The Bertz CT molecular complexity index is 560. The molecule has 1 spiro atoms. The molecule has 2 bridgehead atoms. The molecular formula is C16H21N3O2. The van der Waals surface area contributed by atoms with Gasteiger partial charge in [-0.25, -0.2) is 5.01 Å². The van der Waals surface area contributed by atoms with Gasteiger partial charge in [0, 0.05) is 18.4 Å². The van der Waals surface area contributed by atoms with E-state index in [0.717, 1.165) is 25.7 Å². The third-order valence-corrected chi connectivity index (χ3v) is 6.48. The van der Waals surface area contributed by atoms with Crippen LogP contribution < -0.4 is 10.7 Å². The first-order valence-corrected chi connectivity index (χ1v) is 8.29.